The molecule has 18 nitrogen and oxygen atoms in total. The lowest BCUT2D eigenvalue weighted by molar-refractivity contribution is 0.0962. The quantitative estimate of drug-likeness (QED) is 0.0491. The summed E-state index contributed by atoms with van der Waals surface area (Å²) >= 11 is 1.87. The fourth-order valence-electron chi connectivity index (χ4n) is 4.91. The van der Waals surface area contributed by atoms with Crippen molar-refractivity contribution in [3.63, 3.8) is 0 Å². The van der Waals surface area contributed by atoms with E-state index >= 15 is 0 Å². The second kappa shape index (κ2) is 18.9. The Morgan fingerprint density at radius 2 is 1.30 bits per heavy atom. The van der Waals surface area contributed by atoms with E-state index in [1.165, 1.54) is 12.8 Å². The number of piperidine rings is 1. The Morgan fingerprint density at radius 1 is 0.766 bits per heavy atom. The molecule has 19 heteroatoms. The van der Waals surface area contributed by atoms with E-state index in [9.17, 15) is 9.59 Å². The first kappa shape index (κ1) is 37.3. The third kappa shape index (κ3) is 12.5. The first-order chi connectivity index (χ1) is 22.4. The van der Waals surface area contributed by atoms with Gasteiger partial charge in [-0.3, -0.25) is 31.0 Å². The summed E-state index contributed by atoms with van der Waals surface area (Å²) < 4.78 is 0.374. The number of aryl methyl sites for hydroxylation is 1. The largest absolute Gasteiger partial charge is 0.382 e. The lowest BCUT2D eigenvalue weighted by atomic mass is 9.96. The molecule has 3 heterocycles. The van der Waals surface area contributed by atoms with Crippen molar-refractivity contribution in [1.29, 1.82) is 10.8 Å². The monoisotopic (exact) mass is 766 g/mol. The number of carbonyl (C=O) groups excluding carboxylic acids is 2. The summed E-state index contributed by atoms with van der Waals surface area (Å²) in [5.74, 6) is -0.580. The molecular formula is C28H47IN16O2. The molecule has 0 radical (unpaired) electrons. The van der Waals surface area contributed by atoms with Gasteiger partial charge >= 0.3 is 0 Å². The van der Waals surface area contributed by atoms with Gasteiger partial charge < -0.3 is 43.8 Å². The lowest BCUT2D eigenvalue weighted by Gasteiger charge is -2.32. The van der Waals surface area contributed by atoms with Crippen molar-refractivity contribution < 1.29 is 9.59 Å². The van der Waals surface area contributed by atoms with Gasteiger partial charge in [0.05, 0.1) is 5.69 Å². The van der Waals surface area contributed by atoms with E-state index in [1.807, 2.05) is 22.6 Å². The number of nitrogen functional groups attached to an aromatic ring is 4. The minimum atomic E-state index is -0.605. The van der Waals surface area contributed by atoms with E-state index < -0.39 is 11.8 Å². The van der Waals surface area contributed by atoms with Crippen LogP contribution in [-0.2, 0) is 0 Å². The fourth-order valence-corrected chi connectivity index (χ4v) is 5.28. The van der Waals surface area contributed by atoms with Crippen molar-refractivity contribution in [3.8, 4) is 0 Å². The zero-order valence-corrected chi connectivity index (χ0v) is 28.9. The first-order valence-corrected chi connectivity index (χ1v) is 16.7. The number of hydrogen-bond acceptors (Lipinski definition) is 14. The molecule has 15 N–H and O–H groups in total. The minimum Gasteiger partial charge on any atom is -0.382 e. The van der Waals surface area contributed by atoms with Gasteiger partial charge in [-0.05, 0) is 107 Å². The Morgan fingerprint density at radius 3 is 1.91 bits per heavy atom. The molecule has 258 valence electrons. The highest BCUT2D eigenvalue weighted by molar-refractivity contribution is 14.1. The number of nitrogens with two attached hydrogens (primary N) is 4. The number of aromatic nitrogens is 4. The van der Waals surface area contributed by atoms with E-state index in [0.29, 0.717) is 28.4 Å². The van der Waals surface area contributed by atoms with Crippen LogP contribution in [0.3, 0.4) is 0 Å². The Hall–Kier alpha value is -4.11. The van der Waals surface area contributed by atoms with Gasteiger partial charge in [0, 0.05) is 13.1 Å². The lowest BCUT2D eigenvalue weighted by Crippen LogP contribution is -2.41. The van der Waals surface area contributed by atoms with Crippen LogP contribution in [-0.4, -0.2) is 94.4 Å². The maximum Gasteiger partial charge on any atom is 0.280 e. The molecule has 1 aliphatic rings. The Bertz CT molecular complexity index is 1400. The standard InChI is InChI=1S/C28H47IN16O2/c1-16-21(30)41-22(31)18(39-16)25(46)43-27(34)37-10-4-2-3-9-36-15-17-7-13-45(14-8-17)12-6-5-11-38-28(35)44-26(47)19-23(32)42-24(33)20(29)40-19/h17,36H,2-15H2,1H3,(H4,30,31,41)(H4,32,33,42)(H3,34,37,43,46)(H3,35,38,44,47). The molecule has 0 aliphatic carbocycles. The van der Waals surface area contributed by atoms with Crippen LogP contribution in [0.5, 0.6) is 0 Å². The normalized spacial score (nSPS) is 13.6. The third-order valence-electron chi connectivity index (χ3n) is 7.62. The van der Waals surface area contributed by atoms with E-state index in [1.54, 1.807) is 6.92 Å². The topological polar surface area (TPSA) is 301 Å². The van der Waals surface area contributed by atoms with Gasteiger partial charge in [0.1, 0.15) is 9.52 Å². The predicted octanol–water partition coefficient (Wildman–Crippen LogP) is -0.0309. The van der Waals surface area contributed by atoms with Gasteiger partial charge in [0.25, 0.3) is 11.8 Å². The van der Waals surface area contributed by atoms with Crippen molar-refractivity contribution in [2.75, 3.05) is 68.7 Å². The van der Waals surface area contributed by atoms with Crippen LogP contribution in [0.25, 0.3) is 0 Å². The molecule has 0 saturated carbocycles. The molecule has 2 amide bonds. The van der Waals surface area contributed by atoms with Gasteiger partial charge in [-0.1, -0.05) is 6.42 Å². The highest BCUT2D eigenvalue weighted by Crippen LogP contribution is 2.17. The zero-order chi connectivity index (χ0) is 34.3. The summed E-state index contributed by atoms with van der Waals surface area (Å²) in [4.78, 5) is 43.0. The first-order valence-electron chi connectivity index (χ1n) is 15.6. The van der Waals surface area contributed by atoms with Gasteiger partial charge in [0.2, 0.25) is 0 Å². The van der Waals surface area contributed by atoms with Crippen LogP contribution in [0.2, 0.25) is 0 Å². The van der Waals surface area contributed by atoms with Crippen LogP contribution >= 0.6 is 22.6 Å². The predicted molar refractivity (Wildman–Crippen MR) is 191 cm³/mol. The summed E-state index contributed by atoms with van der Waals surface area (Å²) in [6.07, 6.45) is 7.13. The molecule has 0 bridgehead atoms. The van der Waals surface area contributed by atoms with E-state index in [2.05, 4.69) is 51.4 Å². The van der Waals surface area contributed by atoms with Crippen LogP contribution in [0.4, 0.5) is 23.3 Å². The molecule has 1 fully saturated rings. The fraction of sp³-hybridized carbons (Fsp3) is 0.571. The van der Waals surface area contributed by atoms with Gasteiger partial charge in [-0.15, -0.1) is 0 Å². The van der Waals surface area contributed by atoms with Crippen molar-refractivity contribution >= 4 is 69.6 Å². The number of likely N-dealkylation sites (tertiary alicyclic amines) is 1. The number of nitrogens with one attached hydrogen (secondary N) is 7. The average molecular weight is 767 g/mol. The molecule has 0 spiro atoms. The molecule has 47 heavy (non-hydrogen) atoms. The summed E-state index contributed by atoms with van der Waals surface area (Å²) in [7, 11) is 0. The van der Waals surface area contributed by atoms with Crippen molar-refractivity contribution in [2.45, 2.75) is 51.9 Å². The van der Waals surface area contributed by atoms with Crippen LogP contribution in [0, 0.1) is 27.4 Å². The summed E-state index contributed by atoms with van der Waals surface area (Å²) in [5, 5.41) is 30.2. The van der Waals surface area contributed by atoms with Crippen molar-refractivity contribution in [3.05, 3.63) is 20.8 Å². The second-order valence-electron chi connectivity index (χ2n) is 11.3. The number of rotatable bonds is 15. The van der Waals surface area contributed by atoms with E-state index in [4.69, 9.17) is 33.8 Å². The number of guanidine groups is 2. The number of unbranched alkanes of at least 4 members (excludes halogenated alkanes) is 3. The highest BCUT2D eigenvalue weighted by atomic mass is 127. The summed E-state index contributed by atoms with van der Waals surface area (Å²) in [6.45, 7) is 7.92. The van der Waals surface area contributed by atoms with Gasteiger partial charge in [-0.2, -0.15) is 0 Å². The molecular weight excluding hydrogens is 719 g/mol. The maximum absolute atomic E-state index is 12.3. The average Bonchev–Trinajstić information content (AvgIpc) is 3.02. The third-order valence-corrected chi connectivity index (χ3v) is 8.41. The van der Waals surface area contributed by atoms with Crippen LogP contribution < -0.4 is 49.5 Å². The van der Waals surface area contributed by atoms with Crippen LogP contribution in [0.15, 0.2) is 0 Å². The minimum absolute atomic E-state index is 0.0543. The Balaban J connectivity index is 1.14. The molecule has 3 rings (SSSR count). The van der Waals surface area contributed by atoms with E-state index in [0.717, 1.165) is 64.8 Å². The smallest absolute Gasteiger partial charge is 0.280 e. The number of nitrogens with zero attached hydrogens (tertiary/aromatic N) is 5. The van der Waals surface area contributed by atoms with E-state index in [-0.39, 0.29) is 46.6 Å². The van der Waals surface area contributed by atoms with Crippen molar-refractivity contribution in [2.24, 2.45) is 5.92 Å². The van der Waals surface area contributed by atoms with Crippen LogP contribution in [0.1, 0.15) is 71.6 Å². The molecule has 0 unspecified atom stereocenters. The number of hydrogen-bond donors (Lipinski definition) is 11. The molecule has 1 aliphatic heterocycles. The summed E-state index contributed by atoms with van der Waals surface area (Å²) in [6, 6.07) is 0. The van der Waals surface area contributed by atoms with Gasteiger partial charge in [-0.25, -0.2) is 19.9 Å². The molecule has 0 aromatic carbocycles. The number of anilines is 4. The number of carbonyl (C=O) groups is 2. The number of amides is 2. The maximum atomic E-state index is 12.3. The van der Waals surface area contributed by atoms with Gasteiger partial charge in [0.15, 0.2) is 40.8 Å². The molecule has 2 aromatic heterocycles. The SMILES string of the molecule is Cc1nc(C(=O)NC(=N)NCCCCCNCC2CCN(CCCCNC(=N)NC(=O)c3nc(I)c(N)nc3N)CC2)c(N)nc1N. The molecule has 0 atom stereocenters. The molecule has 1 saturated heterocycles. The zero-order valence-electron chi connectivity index (χ0n) is 26.7. The Labute approximate surface area is 287 Å². The highest BCUT2D eigenvalue weighted by Gasteiger charge is 2.20. The molecule has 2 aromatic rings. The summed E-state index contributed by atoms with van der Waals surface area (Å²) in [5.41, 5.74) is 23.0. The number of halogens is 1. The Kier molecular flexibility index (Phi) is 15.0. The second-order valence-corrected chi connectivity index (χ2v) is 12.4. The van der Waals surface area contributed by atoms with Crippen molar-refractivity contribution in [1.82, 2.24) is 51.4 Å².